The van der Waals surface area contributed by atoms with E-state index in [0.717, 1.165) is 76.8 Å². The number of fused-ring (bicyclic) bond motifs is 1. The first-order valence-corrected chi connectivity index (χ1v) is 15.5. The van der Waals surface area contributed by atoms with E-state index in [-0.39, 0.29) is 16.6 Å². The summed E-state index contributed by atoms with van der Waals surface area (Å²) in [7, 11) is -1.25. The van der Waals surface area contributed by atoms with Crippen molar-refractivity contribution >= 4 is 32.7 Å². The van der Waals surface area contributed by atoms with Crippen molar-refractivity contribution < 1.29 is 13.2 Å². The van der Waals surface area contributed by atoms with Gasteiger partial charge in [-0.05, 0) is 100 Å². The lowest BCUT2D eigenvalue weighted by Gasteiger charge is -2.29. The number of nitrogens with zero attached hydrogens (tertiary/aromatic N) is 1. The number of benzene rings is 2. The Hall–Kier alpha value is -3.16. The number of piperidine rings is 1. The van der Waals surface area contributed by atoms with E-state index >= 15 is 0 Å². The van der Waals surface area contributed by atoms with E-state index in [1.807, 2.05) is 32.1 Å². The molecule has 0 spiro atoms. The van der Waals surface area contributed by atoms with Crippen LogP contribution in [0.4, 0.5) is 0 Å². The molecular weight excluding hydrogens is 506 g/mol. The SMILES string of the molecule is C=C/C(C)=C\c1c(CC)[nH]c2c(C)c(C(=O)NCC3CCN(C)CC3)cc(-c3cccc(S(=O)(=O)CC)c3)c12. The third kappa shape index (κ3) is 6.04. The van der Waals surface area contributed by atoms with Crippen molar-refractivity contribution in [3.8, 4) is 11.1 Å². The first kappa shape index (κ1) is 28.8. The first-order chi connectivity index (χ1) is 18.6. The maximum Gasteiger partial charge on any atom is 0.251 e. The number of nitrogens with one attached hydrogen (secondary N) is 2. The van der Waals surface area contributed by atoms with Crippen LogP contribution in [0.2, 0.25) is 0 Å². The molecule has 0 atom stereocenters. The first-order valence-electron chi connectivity index (χ1n) is 13.9. The zero-order chi connectivity index (χ0) is 28.3. The van der Waals surface area contributed by atoms with Crippen LogP contribution >= 0.6 is 0 Å². The van der Waals surface area contributed by atoms with Crippen molar-refractivity contribution in [3.05, 3.63) is 70.9 Å². The minimum atomic E-state index is -3.39. The van der Waals surface area contributed by atoms with Crippen LogP contribution in [-0.2, 0) is 16.3 Å². The quantitative estimate of drug-likeness (QED) is 0.314. The molecule has 6 nitrogen and oxygen atoms in total. The van der Waals surface area contributed by atoms with Gasteiger partial charge in [0.15, 0.2) is 9.84 Å². The van der Waals surface area contributed by atoms with Crippen LogP contribution in [0.15, 0.2) is 53.5 Å². The fraction of sp³-hybridized carbons (Fsp3) is 0.406. The number of aryl methyl sites for hydroxylation is 2. The fourth-order valence-corrected chi connectivity index (χ4v) is 6.32. The monoisotopic (exact) mass is 547 g/mol. The van der Waals surface area contributed by atoms with E-state index in [2.05, 4.69) is 41.8 Å². The molecule has 39 heavy (non-hydrogen) atoms. The molecule has 2 heterocycles. The minimum Gasteiger partial charge on any atom is -0.358 e. The molecule has 1 aliphatic rings. The highest BCUT2D eigenvalue weighted by Gasteiger charge is 2.23. The fourth-order valence-electron chi connectivity index (χ4n) is 5.40. The number of aromatic nitrogens is 1. The van der Waals surface area contributed by atoms with Gasteiger partial charge in [0.25, 0.3) is 5.91 Å². The van der Waals surface area contributed by atoms with Crippen LogP contribution in [0.1, 0.15) is 60.8 Å². The summed E-state index contributed by atoms with van der Waals surface area (Å²) in [6.45, 7) is 14.4. The van der Waals surface area contributed by atoms with Crippen molar-refractivity contribution in [2.75, 3.05) is 32.4 Å². The average molecular weight is 548 g/mol. The van der Waals surface area contributed by atoms with E-state index in [1.54, 1.807) is 25.1 Å². The summed E-state index contributed by atoms with van der Waals surface area (Å²) in [5, 5.41) is 4.19. The zero-order valence-electron chi connectivity index (χ0n) is 23.9. The minimum absolute atomic E-state index is 0.0288. The third-order valence-corrected chi connectivity index (χ3v) is 9.76. The van der Waals surface area contributed by atoms with Crippen molar-refractivity contribution in [2.24, 2.45) is 5.92 Å². The van der Waals surface area contributed by atoms with Crippen molar-refractivity contribution in [1.29, 1.82) is 0 Å². The molecule has 0 aliphatic carbocycles. The molecule has 2 N–H and O–H groups in total. The maximum atomic E-state index is 13.6. The number of allylic oxidation sites excluding steroid dienone is 2. The zero-order valence-corrected chi connectivity index (χ0v) is 24.7. The van der Waals surface area contributed by atoms with Crippen LogP contribution in [0.3, 0.4) is 0 Å². The number of hydrogen-bond donors (Lipinski definition) is 2. The highest BCUT2D eigenvalue weighted by atomic mass is 32.2. The van der Waals surface area contributed by atoms with E-state index in [1.165, 1.54) is 0 Å². The Labute approximate surface area is 233 Å². The lowest BCUT2D eigenvalue weighted by Crippen LogP contribution is -2.37. The molecule has 1 aliphatic heterocycles. The molecule has 3 aromatic rings. The number of likely N-dealkylation sites (tertiary alicyclic amines) is 1. The van der Waals surface area contributed by atoms with Gasteiger partial charge in [0.05, 0.1) is 16.2 Å². The summed E-state index contributed by atoms with van der Waals surface area (Å²) in [4.78, 5) is 19.8. The van der Waals surface area contributed by atoms with E-state index in [9.17, 15) is 13.2 Å². The van der Waals surface area contributed by atoms with Gasteiger partial charge >= 0.3 is 0 Å². The predicted octanol–water partition coefficient (Wildman–Crippen LogP) is 6.16. The third-order valence-electron chi connectivity index (χ3n) is 8.02. The molecule has 208 valence electrons. The summed E-state index contributed by atoms with van der Waals surface area (Å²) in [6.07, 6.45) is 6.87. The van der Waals surface area contributed by atoms with Gasteiger partial charge < -0.3 is 15.2 Å². The van der Waals surface area contributed by atoms with Gasteiger partial charge in [-0.15, -0.1) is 0 Å². The summed E-state index contributed by atoms with van der Waals surface area (Å²) >= 11 is 0. The molecule has 0 unspecified atom stereocenters. The Morgan fingerprint density at radius 3 is 2.56 bits per heavy atom. The second-order valence-electron chi connectivity index (χ2n) is 10.7. The second-order valence-corrected chi connectivity index (χ2v) is 13.0. The van der Waals surface area contributed by atoms with Gasteiger partial charge in [-0.25, -0.2) is 8.42 Å². The van der Waals surface area contributed by atoms with Crippen LogP contribution in [0, 0.1) is 12.8 Å². The maximum absolute atomic E-state index is 13.6. The number of sulfone groups is 1. The van der Waals surface area contributed by atoms with E-state index in [0.29, 0.717) is 18.0 Å². The van der Waals surface area contributed by atoms with Crippen LogP contribution < -0.4 is 5.32 Å². The molecule has 7 heteroatoms. The van der Waals surface area contributed by atoms with Crippen molar-refractivity contribution in [2.45, 2.75) is 51.9 Å². The summed E-state index contributed by atoms with van der Waals surface area (Å²) in [5.74, 6) is 0.403. The second kappa shape index (κ2) is 11.9. The van der Waals surface area contributed by atoms with E-state index in [4.69, 9.17) is 0 Å². The van der Waals surface area contributed by atoms with Crippen LogP contribution in [-0.4, -0.2) is 56.6 Å². The van der Waals surface area contributed by atoms with Crippen LogP contribution in [0.25, 0.3) is 28.1 Å². The van der Waals surface area contributed by atoms with Gasteiger partial charge in [0, 0.05) is 28.8 Å². The van der Waals surface area contributed by atoms with Crippen molar-refractivity contribution in [1.82, 2.24) is 15.2 Å². The number of aromatic amines is 1. The smallest absolute Gasteiger partial charge is 0.251 e. The molecule has 1 saturated heterocycles. The molecule has 1 fully saturated rings. The topological polar surface area (TPSA) is 82.3 Å². The van der Waals surface area contributed by atoms with Crippen molar-refractivity contribution in [3.63, 3.8) is 0 Å². The number of H-pyrrole nitrogens is 1. The largest absolute Gasteiger partial charge is 0.358 e. The number of carbonyl (C=O) groups is 1. The molecular formula is C32H41N3O3S. The lowest BCUT2D eigenvalue weighted by atomic mass is 9.91. The Balaban J connectivity index is 1.89. The number of hydrogen-bond acceptors (Lipinski definition) is 4. The number of amides is 1. The Morgan fingerprint density at radius 2 is 1.92 bits per heavy atom. The van der Waals surface area contributed by atoms with Gasteiger partial charge in [0.1, 0.15) is 0 Å². The molecule has 2 aromatic carbocycles. The summed E-state index contributed by atoms with van der Waals surface area (Å²) in [5.41, 5.74) is 7.14. The molecule has 1 aromatic heterocycles. The number of rotatable bonds is 9. The highest BCUT2D eigenvalue weighted by Crippen LogP contribution is 2.39. The van der Waals surface area contributed by atoms with Gasteiger partial charge in [0.2, 0.25) is 0 Å². The Bertz CT molecular complexity index is 1520. The molecule has 0 saturated carbocycles. The summed E-state index contributed by atoms with van der Waals surface area (Å²) < 4.78 is 25.5. The Morgan fingerprint density at radius 1 is 1.21 bits per heavy atom. The molecule has 1 amide bonds. The Kier molecular flexibility index (Phi) is 8.82. The normalized spacial score (nSPS) is 15.6. The highest BCUT2D eigenvalue weighted by molar-refractivity contribution is 7.91. The molecule has 4 rings (SSSR count). The van der Waals surface area contributed by atoms with E-state index < -0.39 is 9.84 Å². The van der Waals surface area contributed by atoms with Gasteiger partial charge in [-0.2, -0.15) is 0 Å². The molecule has 0 radical (unpaired) electrons. The lowest BCUT2D eigenvalue weighted by molar-refractivity contribution is 0.0938. The van der Waals surface area contributed by atoms with Gasteiger partial charge in [-0.3, -0.25) is 4.79 Å². The number of carbonyl (C=O) groups excluding carboxylic acids is 1. The van der Waals surface area contributed by atoms with Gasteiger partial charge in [-0.1, -0.05) is 44.2 Å². The average Bonchev–Trinajstić information content (AvgIpc) is 3.31. The van der Waals surface area contributed by atoms with Crippen LogP contribution in [0.5, 0.6) is 0 Å². The predicted molar refractivity (Wildman–Crippen MR) is 162 cm³/mol. The standard InChI is InChI=1S/C32H41N3O3S/c1-7-21(4)17-28-29(8-2)34-31-22(5)26(32(36)33-20-23-13-15-35(6)16-14-23)19-27(30(28)31)24-11-10-12-25(18-24)39(37,38)9-3/h7,10-12,17-19,23,34H,1,8-9,13-16,20H2,2-6H3,(H,33,36)/b21-17-. The molecule has 0 bridgehead atoms. The summed E-state index contributed by atoms with van der Waals surface area (Å²) in [6, 6.07) is 9.01.